The lowest BCUT2D eigenvalue weighted by Gasteiger charge is -2.36. The van der Waals surface area contributed by atoms with Gasteiger partial charge >= 0.3 is 0 Å². The zero-order chi connectivity index (χ0) is 40.7. The molecule has 0 aromatic heterocycles. The average molecular weight is 753 g/mol. The molecule has 0 fully saturated rings. The summed E-state index contributed by atoms with van der Waals surface area (Å²) in [6.45, 7) is 24.3. The molecule has 286 valence electrons. The second kappa shape index (κ2) is 14.1. The summed E-state index contributed by atoms with van der Waals surface area (Å²) in [7, 11) is 0. The van der Waals surface area contributed by atoms with Crippen LogP contribution >= 0.6 is 0 Å². The second-order valence-corrected chi connectivity index (χ2v) is 15.6. The van der Waals surface area contributed by atoms with Gasteiger partial charge in [0.15, 0.2) is 0 Å². The summed E-state index contributed by atoms with van der Waals surface area (Å²) >= 11 is 0. The van der Waals surface area contributed by atoms with Crippen LogP contribution in [0.5, 0.6) is 0 Å². The molecule has 0 saturated carbocycles. The number of hydrogen-bond acceptors (Lipinski definition) is 2. The van der Waals surface area contributed by atoms with Crippen LogP contribution in [0.4, 0.5) is 51.7 Å². The molecule has 0 unspecified atom stereocenters. The van der Waals surface area contributed by atoms with E-state index in [9.17, 15) is 0 Å². The summed E-state index contributed by atoms with van der Waals surface area (Å²) < 4.78 is 66.1. The molecule has 2 nitrogen and oxygen atoms in total. The first-order chi connectivity index (χ1) is 26.5. The van der Waals surface area contributed by atoms with Crippen molar-refractivity contribution in [2.45, 2.75) is 83.1 Å². The first kappa shape index (κ1) is 38.6. The molecule has 0 aliphatic carbocycles. The van der Waals surface area contributed by atoms with Crippen LogP contribution in [0.1, 0.15) is 66.8 Å². The molecular formula is C50H48F4N2. The van der Waals surface area contributed by atoms with E-state index in [2.05, 4.69) is 13.8 Å². The highest BCUT2D eigenvalue weighted by Crippen LogP contribution is 2.55. The van der Waals surface area contributed by atoms with Gasteiger partial charge < -0.3 is 9.80 Å². The van der Waals surface area contributed by atoms with Gasteiger partial charge in [-0.2, -0.15) is 0 Å². The molecule has 0 bridgehead atoms. The summed E-state index contributed by atoms with van der Waals surface area (Å²) in [6.07, 6.45) is 0. The minimum atomic E-state index is -0.711. The Bertz CT molecular complexity index is 2490. The van der Waals surface area contributed by atoms with E-state index < -0.39 is 23.3 Å². The number of hydrogen-bond donors (Lipinski definition) is 0. The number of aryl methyl sites for hydroxylation is 2. The van der Waals surface area contributed by atoms with Gasteiger partial charge in [-0.05, 0) is 175 Å². The fourth-order valence-corrected chi connectivity index (χ4v) is 8.60. The van der Waals surface area contributed by atoms with Crippen molar-refractivity contribution in [2.24, 2.45) is 0 Å². The predicted molar refractivity (Wildman–Crippen MR) is 227 cm³/mol. The lowest BCUT2D eigenvalue weighted by Crippen LogP contribution is -2.21. The van der Waals surface area contributed by atoms with Crippen molar-refractivity contribution in [2.75, 3.05) is 9.80 Å². The van der Waals surface area contributed by atoms with Crippen LogP contribution in [-0.4, -0.2) is 0 Å². The first-order valence-electron chi connectivity index (χ1n) is 19.1. The maximum absolute atomic E-state index is 16.5. The summed E-state index contributed by atoms with van der Waals surface area (Å²) in [5.41, 5.74) is 13.8. The van der Waals surface area contributed by atoms with Crippen LogP contribution in [0.15, 0.2) is 72.8 Å². The third-order valence-corrected chi connectivity index (χ3v) is 12.5. The first-order valence-corrected chi connectivity index (χ1v) is 19.1. The van der Waals surface area contributed by atoms with Gasteiger partial charge in [-0.25, -0.2) is 17.6 Å². The van der Waals surface area contributed by atoms with Crippen molar-refractivity contribution < 1.29 is 17.6 Å². The highest BCUT2D eigenvalue weighted by molar-refractivity contribution is 6.24. The number of rotatable bonds is 6. The van der Waals surface area contributed by atoms with Gasteiger partial charge in [-0.1, -0.05) is 47.5 Å². The largest absolute Gasteiger partial charge is 0.303 e. The standard InChI is InChI=1S/C50H48F4N2/c1-25-19-21-37-39(23-25)47(55(49-41(51)15-13-16-42(49)52)45-33(9)29(5)27(3)30(6)34(45)10)38-22-20-26(2)24-40(38)48(37)56(50-43(53)17-14-18-44(50)54)46-35(11)31(7)28(4)32(8)36(46)12/h13-24H,1-12H3. The van der Waals surface area contributed by atoms with E-state index in [1.54, 1.807) is 9.80 Å². The zero-order valence-electron chi connectivity index (χ0n) is 34.3. The smallest absolute Gasteiger partial charge is 0.150 e. The van der Waals surface area contributed by atoms with Crippen LogP contribution in [0, 0.1) is 106 Å². The van der Waals surface area contributed by atoms with E-state index in [-0.39, 0.29) is 11.4 Å². The van der Waals surface area contributed by atoms with Crippen molar-refractivity contribution in [3.05, 3.63) is 163 Å². The molecule has 7 aromatic rings. The maximum Gasteiger partial charge on any atom is 0.150 e. The molecule has 6 heteroatoms. The van der Waals surface area contributed by atoms with Crippen LogP contribution in [0.3, 0.4) is 0 Å². The third-order valence-electron chi connectivity index (χ3n) is 12.5. The van der Waals surface area contributed by atoms with Gasteiger partial charge in [0.2, 0.25) is 0 Å². The highest BCUT2D eigenvalue weighted by Gasteiger charge is 2.33. The lowest BCUT2D eigenvalue weighted by atomic mass is 9.88. The van der Waals surface area contributed by atoms with E-state index >= 15 is 17.6 Å². The quantitative estimate of drug-likeness (QED) is 0.0948. The van der Waals surface area contributed by atoms with Crippen molar-refractivity contribution in [1.29, 1.82) is 0 Å². The molecule has 0 aliphatic rings. The van der Waals surface area contributed by atoms with E-state index in [0.717, 1.165) is 66.8 Å². The van der Waals surface area contributed by atoms with Crippen molar-refractivity contribution in [1.82, 2.24) is 0 Å². The van der Waals surface area contributed by atoms with Crippen molar-refractivity contribution in [3.8, 4) is 0 Å². The van der Waals surface area contributed by atoms with Gasteiger partial charge in [0, 0.05) is 21.5 Å². The Morgan fingerprint density at radius 3 is 0.839 bits per heavy atom. The Morgan fingerprint density at radius 1 is 0.286 bits per heavy atom. The van der Waals surface area contributed by atoms with E-state index in [1.165, 1.54) is 36.4 Å². The normalized spacial score (nSPS) is 11.6. The molecule has 0 amide bonds. The van der Waals surface area contributed by atoms with Crippen LogP contribution < -0.4 is 9.80 Å². The Hall–Kier alpha value is -5.62. The van der Waals surface area contributed by atoms with Gasteiger partial charge in [0.25, 0.3) is 0 Å². The summed E-state index contributed by atoms with van der Waals surface area (Å²) in [5.74, 6) is -2.85. The second-order valence-electron chi connectivity index (χ2n) is 15.6. The number of para-hydroxylation sites is 2. The molecule has 7 aromatic carbocycles. The molecule has 7 rings (SSSR count). The number of fused-ring (bicyclic) bond motifs is 2. The summed E-state index contributed by atoms with van der Waals surface area (Å²) in [6, 6.07) is 19.8. The van der Waals surface area contributed by atoms with Gasteiger partial charge in [-0.3, -0.25) is 0 Å². The van der Waals surface area contributed by atoms with Crippen molar-refractivity contribution in [3.63, 3.8) is 0 Å². The molecule has 0 radical (unpaired) electrons. The fourth-order valence-electron chi connectivity index (χ4n) is 8.60. The van der Waals surface area contributed by atoms with Gasteiger partial charge in [-0.15, -0.1) is 0 Å². The maximum atomic E-state index is 16.5. The number of nitrogens with zero attached hydrogens (tertiary/aromatic N) is 2. The van der Waals surface area contributed by atoms with Gasteiger partial charge in [0.05, 0.1) is 22.7 Å². The molecule has 0 saturated heterocycles. The topological polar surface area (TPSA) is 6.48 Å². The van der Waals surface area contributed by atoms with Crippen molar-refractivity contribution >= 4 is 55.7 Å². The fraction of sp³-hybridized carbons (Fsp3) is 0.240. The van der Waals surface area contributed by atoms with Crippen LogP contribution in [-0.2, 0) is 0 Å². The molecule has 0 aliphatic heterocycles. The Balaban J connectivity index is 1.79. The highest BCUT2D eigenvalue weighted by atomic mass is 19.1. The minimum Gasteiger partial charge on any atom is -0.303 e. The minimum absolute atomic E-state index is 0.202. The molecular weight excluding hydrogens is 705 g/mol. The van der Waals surface area contributed by atoms with Crippen LogP contribution in [0.2, 0.25) is 0 Å². The van der Waals surface area contributed by atoms with Crippen LogP contribution in [0.25, 0.3) is 21.5 Å². The Labute approximate surface area is 328 Å². The van der Waals surface area contributed by atoms with E-state index in [4.69, 9.17) is 0 Å². The van der Waals surface area contributed by atoms with E-state index in [1.807, 2.05) is 106 Å². The number of benzene rings is 7. The summed E-state index contributed by atoms with van der Waals surface area (Å²) in [4.78, 5) is 3.51. The average Bonchev–Trinajstić information content (AvgIpc) is 3.15. The summed E-state index contributed by atoms with van der Waals surface area (Å²) in [5, 5.41) is 2.68. The number of halogens is 4. The molecule has 0 spiro atoms. The number of anilines is 6. The molecule has 56 heavy (non-hydrogen) atoms. The van der Waals surface area contributed by atoms with Gasteiger partial charge in [0.1, 0.15) is 34.6 Å². The lowest BCUT2D eigenvalue weighted by molar-refractivity contribution is 0.585. The van der Waals surface area contributed by atoms with E-state index in [0.29, 0.717) is 44.3 Å². The molecule has 0 heterocycles. The predicted octanol–water partition coefficient (Wildman–Crippen LogP) is 15.2. The monoisotopic (exact) mass is 752 g/mol. The Kier molecular flexibility index (Phi) is 9.76. The molecule has 0 atom stereocenters. The SMILES string of the molecule is Cc1ccc2c(N(c3c(F)cccc3F)c3c(C)c(C)c(C)c(C)c3C)c3cc(C)ccc3c(N(c3c(F)cccc3F)c3c(C)c(C)c(C)c(C)c3C)c2c1. The third kappa shape index (κ3) is 5.84. The Morgan fingerprint density at radius 2 is 0.554 bits per heavy atom. The zero-order valence-corrected chi connectivity index (χ0v) is 34.3. The molecule has 0 N–H and O–H groups in total.